The van der Waals surface area contributed by atoms with Crippen molar-refractivity contribution < 1.29 is 17.6 Å². The minimum Gasteiger partial charge on any atom is -0.326 e. The summed E-state index contributed by atoms with van der Waals surface area (Å²) in [4.78, 5) is 11.9. The van der Waals surface area contributed by atoms with Crippen molar-refractivity contribution >= 4 is 21.6 Å². The van der Waals surface area contributed by atoms with Gasteiger partial charge in [-0.1, -0.05) is 19.1 Å². The Morgan fingerprint density at radius 2 is 1.68 bits per heavy atom. The summed E-state index contributed by atoms with van der Waals surface area (Å²) in [7, 11) is -3.69. The Hall–Kier alpha value is -2.25. The van der Waals surface area contributed by atoms with E-state index in [2.05, 4.69) is 17.0 Å². The Bertz CT molecular complexity index is 803. The molecule has 134 valence electrons. The number of rotatable bonds is 8. The van der Waals surface area contributed by atoms with Gasteiger partial charge >= 0.3 is 0 Å². The second-order valence-corrected chi connectivity index (χ2v) is 7.32. The lowest BCUT2D eigenvalue weighted by atomic mass is 10.1. The summed E-state index contributed by atoms with van der Waals surface area (Å²) < 4.78 is 39.2. The molecule has 2 N–H and O–H groups in total. The van der Waals surface area contributed by atoms with Crippen LogP contribution < -0.4 is 10.0 Å². The number of hydrogen-bond donors (Lipinski definition) is 2. The summed E-state index contributed by atoms with van der Waals surface area (Å²) in [5, 5.41) is 2.77. The molecule has 0 aromatic heterocycles. The topological polar surface area (TPSA) is 75.3 Å². The first-order valence-corrected chi connectivity index (χ1v) is 9.53. The lowest BCUT2D eigenvalue weighted by Crippen LogP contribution is -2.25. The molecule has 2 aromatic carbocycles. The van der Waals surface area contributed by atoms with Crippen LogP contribution in [0, 0.1) is 5.82 Å². The second kappa shape index (κ2) is 8.73. The van der Waals surface area contributed by atoms with Crippen LogP contribution in [0.1, 0.15) is 25.3 Å². The molecule has 2 rings (SSSR count). The molecule has 0 unspecified atom stereocenters. The van der Waals surface area contributed by atoms with Gasteiger partial charge in [0.2, 0.25) is 15.9 Å². The van der Waals surface area contributed by atoms with E-state index in [1.54, 1.807) is 0 Å². The van der Waals surface area contributed by atoms with Crippen molar-refractivity contribution in [2.45, 2.75) is 31.1 Å². The van der Waals surface area contributed by atoms with Gasteiger partial charge in [-0.05, 0) is 54.8 Å². The highest BCUT2D eigenvalue weighted by Crippen LogP contribution is 2.11. The van der Waals surface area contributed by atoms with E-state index in [0.29, 0.717) is 12.1 Å². The summed E-state index contributed by atoms with van der Waals surface area (Å²) >= 11 is 0. The highest BCUT2D eigenvalue weighted by atomic mass is 32.2. The number of sulfonamides is 1. The molecule has 7 heteroatoms. The molecule has 0 atom stereocenters. The number of benzene rings is 2. The average Bonchev–Trinajstić information content (AvgIpc) is 2.60. The molecule has 2 aromatic rings. The first-order valence-electron chi connectivity index (χ1n) is 8.05. The fourth-order valence-corrected chi connectivity index (χ4v) is 3.27. The van der Waals surface area contributed by atoms with E-state index in [9.17, 15) is 17.6 Å². The molecule has 0 saturated heterocycles. The summed E-state index contributed by atoms with van der Waals surface area (Å²) in [6.45, 7) is 2.18. The zero-order valence-corrected chi connectivity index (χ0v) is 14.8. The Kier molecular flexibility index (Phi) is 6.66. The van der Waals surface area contributed by atoms with Crippen molar-refractivity contribution in [1.29, 1.82) is 0 Å². The van der Waals surface area contributed by atoms with E-state index in [1.165, 1.54) is 17.7 Å². The number of amides is 1. The summed E-state index contributed by atoms with van der Waals surface area (Å²) in [5.74, 6) is -0.673. The minimum absolute atomic E-state index is 0.00522. The van der Waals surface area contributed by atoms with Crippen molar-refractivity contribution in [3.8, 4) is 0 Å². The third-order valence-corrected chi connectivity index (χ3v) is 5.12. The Morgan fingerprint density at radius 3 is 2.28 bits per heavy atom. The van der Waals surface area contributed by atoms with Crippen LogP contribution in [0.25, 0.3) is 0 Å². The molecule has 0 saturated carbocycles. The van der Waals surface area contributed by atoms with Crippen LogP contribution in [0.4, 0.5) is 10.1 Å². The van der Waals surface area contributed by atoms with Gasteiger partial charge in [-0.25, -0.2) is 17.5 Å². The predicted molar refractivity (Wildman–Crippen MR) is 95.3 cm³/mol. The molecular weight excluding hydrogens is 343 g/mol. The van der Waals surface area contributed by atoms with Gasteiger partial charge in [-0.3, -0.25) is 4.79 Å². The Morgan fingerprint density at radius 1 is 1.04 bits per heavy atom. The number of aryl methyl sites for hydroxylation is 1. The van der Waals surface area contributed by atoms with Gasteiger partial charge in [-0.2, -0.15) is 0 Å². The van der Waals surface area contributed by atoms with Crippen molar-refractivity contribution in [2.75, 3.05) is 11.9 Å². The molecule has 0 aliphatic rings. The largest absolute Gasteiger partial charge is 0.326 e. The SMILES string of the molecule is CCc1ccc(NC(=O)CCCNS(=O)(=O)c2ccc(F)cc2)cc1. The Labute approximate surface area is 147 Å². The smallest absolute Gasteiger partial charge is 0.240 e. The lowest BCUT2D eigenvalue weighted by molar-refractivity contribution is -0.116. The minimum atomic E-state index is -3.69. The molecule has 5 nitrogen and oxygen atoms in total. The molecule has 0 bridgehead atoms. The highest BCUT2D eigenvalue weighted by molar-refractivity contribution is 7.89. The van der Waals surface area contributed by atoms with E-state index in [4.69, 9.17) is 0 Å². The standard InChI is InChI=1S/C18H21FN2O3S/c1-2-14-5-9-16(10-6-14)21-18(22)4-3-13-20-25(23,24)17-11-7-15(19)8-12-17/h5-12,20H,2-4,13H2,1H3,(H,21,22). The maximum atomic E-state index is 12.8. The van der Waals surface area contributed by atoms with Gasteiger partial charge in [0.1, 0.15) is 5.82 Å². The van der Waals surface area contributed by atoms with Gasteiger partial charge in [0.25, 0.3) is 0 Å². The number of carbonyl (C=O) groups excluding carboxylic acids is 1. The zero-order valence-electron chi connectivity index (χ0n) is 14.0. The van der Waals surface area contributed by atoms with Crippen LogP contribution in [0.2, 0.25) is 0 Å². The highest BCUT2D eigenvalue weighted by Gasteiger charge is 2.13. The van der Waals surface area contributed by atoms with Gasteiger partial charge in [0.05, 0.1) is 4.90 Å². The number of carbonyl (C=O) groups is 1. The number of halogens is 1. The van der Waals surface area contributed by atoms with Gasteiger partial charge in [0.15, 0.2) is 0 Å². The molecule has 0 heterocycles. The third-order valence-electron chi connectivity index (χ3n) is 3.64. The average molecular weight is 364 g/mol. The van der Waals surface area contributed by atoms with Gasteiger partial charge in [-0.15, -0.1) is 0 Å². The number of anilines is 1. The fourth-order valence-electron chi connectivity index (χ4n) is 2.20. The zero-order chi connectivity index (χ0) is 18.3. The molecule has 25 heavy (non-hydrogen) atoms. The van der Waals surface area contributed by atoms with Crippen LogP contribution in [0.5, 0.6) is 0 Å². The number of nitrogens with one attached hydrogen (secondary N) is 2. The lowest BCUT2D eigenvalue weighted by Gasteiger charge is -2.08. The van der Waals surface area contributed by atoms with E-state index >= 15 is 0 Å². The predicted octanol–water partition coefficient (Wildman–Crippen LogP) is 3.09. The summed E-state index contributed by atoms with van der Waals surface area (Å²) in [5.41, 5.74) is 1.90. The molecule has 0 aliphatic carbocycles. The van der Waals surface area contributed by atoms with E-state index < -0.39 is 15.8 Å². The quantitative estimate of drug-likeness (QED) is 0.707. The van der Waals surface area contributed by atoms with Gasteiger partial charge in [0, 0.05) is 18.7 Å². The van der Waals surface area contributed by atoms with E-state index in [1.807, 2.05) is 24.3 Å². The molecule has 1 amide bonds. The maximum absolute atomic E-state index is 12.8. The summed E-state index contributed by atoms with van der Waals surface area (Å²) in [6.07, 6.45) is 1.49. The summed E-state index contributed by atoms with van der Waals surface area (Å²) in [6, 6.07) is 12.2. The molecule has 0 spiro atoms. The molecule has 0 aliphatic heterocycles. The normalized spacial score (nSPS) is 11.3. The van der Waals surface area contributed by atoms with Crippen LogP contribution in [-0.4, -0.2) is 20.9 Å². The first-order chi connectivity index (χ1) is 11.9. The van der Waals surface area contributed by atoms with Crippen LogP contribution in [0.3, 0.4) is 0 Å². The van der Waals surface area contributed by atoms with Crippen molar-refractivity contribution in [3.05, 3.63) is 59.9 Å². The van der Waals surface area contributed by atoms with Crippen LogP contribution in [-0.2, 0) is 21.2 Å². The van der Waals surface area contributed by atoms with E-state index in [0.717, 1.165) is 18.6 Å². The fraction of sp³-hybridized carbons (Fsp3) is 0.278. The van der Waals surface area contributed by atoms with Crippen molar-refractivity contribution in [2.24, 2.45) is 0 Å². The molecule has 0 radical (unpaired) electrons. The molecular formula is C18H21FN2O3S. The molecule has 0 fully saturated rings. The van der Waals surface area contributed by atoms with Crippen molar-refractivity contribution in [3.63, 3.8) is 0 Å². The van der Waals surface area contributed by atoms with Crippen LogP contribution >= 0.6 is 0 Å². The monoisotopic (exact) mass is 364 g/mol. The van der Waals surface area contributed by atoms with Gasteiger partial charge < -0.3 is 5.32 Å². The Balaban J connectivity index is 1.76. The van der Waals surface area contributed by atoms with E-state index in [-0.39, 0.29) is 23.8 Å². The first kappa shape index (κ1) is 19.1. The third kappa shape index (κ3) is 5.95. The van der Waals surface area contributed by atoms with Crippen LogP contribution in [0.15, 0.2) is 53.4 Å². The maximum Gasteiger partial charge on any atom is 0.240 e. The number of hydrogen-bond acceptors (Lipinski definition) is 3. The second-order valence-electron chi connectivity index (χ2n) is 5.55. The van der Waals surface area contributed by atoms with Crippen molar-refractivity contribution in [1.82, 2.24) is 4.72 Å².